The number of H-pyrrole nitrogens is 1. The molecule has 2 heterocycles. The van der Waals surface area contributed by atoms with E-state index in [1.165, 1.54) is 0 Å². The van der Waals surface area contributed by atoms with Gasteiger partial charge in [0.05, 0.1) is 25.6 Å². The van der Waals surface area contributed by atoms with Crippen molar-refractivity contribution in [3.05, 3.63) is 76.6 Å². The molecule has 0 amide bonds. The molecule has 3 aromatic rings. The minimum absolute atomic E-state index is 0.0249. The van der Waals surface area contributed by atoms with Crippen molar-refractivity contribution < 1.29 is 28.5 Å². The van der Waals surface area contributed by atoms with Gasteiger partial charge in [-0.15, -0.1) is 0 Å². The standard InChI is InChI=1S/C55H78N4O6/c1-30-25-34(52(3,4)5)46(35(26-30)53(6,7)8)64-50(60)44-42(32-21-17-19-23-40(32)62-15)38(58-48(44)56)29-39-43(33-22-18-20-24-41(33)63-16)45(49(57)59-39)51(61)65-47-36(54(9,10)11)27-31(2)28-37(47)55(12,13)14/h17-24,29-31,34-37,46-47,58H,25-28,56H2,1-16H3,(H2,57,59). The van der Waals surface area contributed by atoms with Gasteiger partial charge in [-0.25, -0.2) is 14.6 Å². The van der Waals surface area contributed by atoms with Gasteiger partial charge in [-0.1, -0.05) is 133 Å². The van der Waals surface area contributed by atoms with E-state index in [-0.39, 0.29) is 80.3 Å². The van der Waals surface area contributed by atoms with E-state index in [2.05, 4.69) is 102 Å². The fourth-order valence-corrected chi connectivity index (χ4v) is 11.2. The van der Waals surface area contributed by atoms with Gasteiger partial charge in [-0.3, -0.25) is 0 Å². The number of ether oxygens (including phenoxy) is 4. The van der Waals surface area contributed by atoms with E-state index in [1.54, 1.807) is 20.3 Å². The lowest BCUT2D eigenvalue weighted by molar-refractivity contribution is -0.164. The topological polar surface area (TPSA) is 151 Å². The van der Waals surface area contributed by atoms with Crippen molar-refractivity contribution in [1.82, 2.24) is 4.98 Å². The van der Waals surface area contributed by atoms with E-state index in [0.717, 1.165) is 25.7 Å². The van der Waals surface area contributed by atoms with Gasteiger partial charge in [-0.2, -0.15) is 0 Å². The molecule has 0 saturated heterocycles. The molecule has 0 radical (unpaired) electrons. The number of nitrogens with one attached hydrogen (secondary N) is 1. The molecule has 4 atom stereocenters. The SMILES string of the molecule is COc1ccccc1C1=C(C(=O)OC2C(C(C)(C)C)CC(C)CC2C(C)(C)C)C(N)=NC1=Cc1[nH]c(N)c(C(=O)OC2C(C(C)(C)C)CC(C)CC2C(C)(C)C)c1-c1ccccc1OC. The van der Waals surface area contributed by atoms with Crippen molar-refractivity contribution in [2.75, 3.05) is 20.0 Å². The average molecular weight is 891 g/mol. The zero-order valence-corrected chi connectivity index (χ0v) is 42.2. The summed E-state index contributed by atoms with van der Waals surface area (Å²) in [4.78, 5) is 38.3. The fraction of sp³-hybridized carbons (Fsp3) is 0.582. The van der Waals surface area contributed by atoms with Crippen molar-refractivity contribution in [2.45, 2.75) is 135 Å². The highest BCUT2D eigenvalue weighted by Gasteiger charge is 2.50. The molecule has 2 aromatic carbocycles. The quantitative estimate of drug-likeness (QED) is 0.180. The second-order valence-corrected chi connectivity index (χ2v) is 23.7. The summed E-state index contributed by atoms with van der Waals surface area (Å²) >= 11 is 0. The third-order valence-electron chi connectivity index (χ3n) is 14.7. The second-order valence-electron chi connectivity index (χ2n) is 23.7. The highest BCUT2D eigenvalue weighted by atomic mass is 16.5. The number of esters is 2. The number of anilines is 1. The average Bonchev–Trinajstić information content (AvgIpc) is 3.71. The highest BCUT2D eigenvalue weighted by Crippen LogP contribution is 2.52. The third-order valence-corrected chi connectivity index (χ3v) is 14.7. The highest BCUT2D eigenvalue weighted by molar-refractivity contribution is 6.29. The van der Waals surface area contributed by atoms with Gasteiger partial charge in [0.25, 0.3) is 0 Å². The van der Waals surface area contributed by atoms with E-state index in [0.29, 0.717) is 57.0 Å². The number of benzene rings is 2. The number of aromatic nitrogens is 1. The van der Waals surface area contributed by atoms with Gasteiger partial charge in [-0.05, 0) is 77.4 Å². The molecule has 0 spiro atoms. The van der Waals surface area contributed by atoms with Crippen LogP contribution in [-0.4, -0.2) is 49.2 Å². The summed E-state index contributed by atoms with van der Waals surface area (Å²) in [6, 6.07) is 15.0. The van der Waals surface area contributed by atoms with Crippen LogP contribution in [0.1, 0.15) is 144 Å². The Morgan fingerprint density at radius 1 is 0.631 bits per heavy atom. The first kappa shape index (κ1) is 49.4. The summed E-state index contributed by atoms with van der Waals surface area (Å²) in [5.41, 5.74) is 16.7. The molecule has 10 nitrogen and oxygen atoms in total. The normalized spacial score (nSPS) is 26.2. The molecule has 354 valence electrons. The van der Waals surface area contributed by atoms with Crippen LogP contribution in [0.15, 0.2) is 64.8 Å². The lowest BCUT2D eigenvalue weighted by atomic mass is 9.59. The van der Waals surface area contributed by atoms with Crippen LogP contribution in [0.3, 0.4) is 0 Å². The van der Waals surface area contributed by atoms with Gasteiger partial charge in [0.15, 0.2) is 0 Å². The first-order valence-corrected chi connectivity index (χ1v) is 23.7. The third kappa shape index (κ3) is 10.2. The number of aromatic amines is 1. The number of para-hydroxylation sites is 2. The van der Waals surface area contributed by atoms with Crippen molar-refractivity contribution in [3.63, 3.8) is 0 Å². The van der Waals surface area contributed by atoms with Crippen LogP contribution in [0.2, 0.25) is 0 Å². The van der Waals surface area contributed by atoms with Gasteiger partial charge in [0.1, 0.15) is 46.5 Å². The molecule has 2 aliphatic carbocycles. The van der Waals surface area contributed by atoms with E-state index in [9.17, 15) is 0 Å². The number of rotatable bonds is 9. The smallest absolute Gasteiger partial charge is 0.342 e. The van der Waals surface area contributed by atoms with E-state index >= 15 is 9.59 Å². The number of aliphatic imine (C=N–C) groups is 1. The zero-order chi connectivity index (χ0) is 48.1. The summed E-state index contributed by atoms with van der Waals surface area (Å²) in [5.74, 6) is 1.59. The Kier molecular flexibility index (Phi) is 14.0. The van der Waals surface area contributed by atoms with Crippen molar-refractivity contribution in [1.29, 1.82) is 0 Å². The van der Waals surface area contributed by atoms with Crippen LogP contribution in [0.25, 0.3) is 22.8 Å². The number of carbonyl (C=O) groups excluding carboxylic acids is 2. The Balaban J connectivity index is 1.55. The lowest BCUT2D eigenvalue weighted by Gasteiger charge is -2.50. The number of amidine groups is 1. The number of hydrogen-bond acceptors (Lipinski definition) is 9. The van der Waals surface area contributed by atoms with E-state index in [4.69, 9.17) is 35.4 Å². The maximum absolute atomic E-state index is 15.1. The van der Waals surface area contributed by atoms with Crippen molar-refractivity contribution >= 4 is 35.2 Å². The number of methoxy groups -OCH3 is 2. The molecule has 1 aromatic heterocycles. The van der Waals surface area contributed by atoms with Crippen molar-refractivity contribution in [3.8, 4) is 22.6 Å². The molecule has 3 aliphatic rings. The van der Waals surface area contributed by atoms with Crippen LogP contribution in [-0.2, 0) is 14.3 Å². The number of nitrogens with two attached hydrogens (primary N) is 2. The number of hydrogen-bond donors (Lipinski definition) is 3. The minimum Gasteiger partial charge on any atom is -0.496 e. The summed E-state index contributed by atoms with van der Waals surface area (Å²) in [6.45, 7) is 31.4. The molecular weight excluding hydrogens is 813 g/mol. The molecule has 2 saturated carbocycles. The number of allylic oxidation sites excluding steroid dienone is 1. The monoisotopic (exact) mass is 891 g/mol. The lowest BCUT2D eigenvalue weighted by Crippen LogP contribution is -2.49. The second kappa shape index (κ2) is 18.4. The maximum atomic E-state index is 15.1. The number of carbonyl (C=O) groups is 2. The summed E-state index contributed by atoms with van der Waals surface area (Å²) in [5, 5.41) is 0. The molecular formula is C55H78N4O6. The Hall–Kier alpha value is -4.99. The summed E-state index contributed by atoms with van der Waals surface area (Å²) in [7, 11) is 3.19. The van der Waals surface area contributed by atoms with Crippen LogP contribution >= 0.6 is 0 Å². The number of nitrogens with zero attached hydrogens (tertiary/aromatic N) is 1. The molecule has 6 rings (SSSR count). The van der Waals surface area contributed by atoms with Gasteiger partial charge in [0.2, 0.25) is 0 Å². The maximum Gasteiger partial charge on any atom is 0.342 e. The van der Waals surface area contributed by atoms with Crippen LogP contribution in [0, 0.1) is 57.2 Å². The van der Waals surface area contributed by atoms with E-state index < -0.39 is 11.9 Å². The molecule has 5 N–H and O–H groups in total. The van der Waals surface area contributed by atoms with Crippen LogP contribution < -0.4 is 20.9 Å². The predicted octanol–water partition coefficient (Wildman–Crippen LogP) is 12.4. The minimum atomic E-state index is -0.539. The predicted molar refractivity (Wildman–Crippen MR) is 264 cm³/mol. The Labute approximate surface area is 389 Å². The fourth-order valence-electron chi connectivity index (χ4n) is 11.2. The first-order valence-electron chi connectivity index (χ1n) is 23.7. The van der Waals surface area contributed by atoms with Crippen LogP contribution in [0.4, 0.5) is 5.82 Å². The Bertz CT molecular complexity index is 2290. The Morgan fingerprint density at radius 3 is 1.46 bits per heavy atom. The Morgan fingerprint density at radius 2 is 1.03 bits per heavy atom. The van der Waals surface area contributed by atoms with Crippen molar-refractivity contribution in [2.24, 2.45) is 67.9 Å². The molecule has 2 fully saturated rings. The molecule has 10 heteroatoms. The zero-order valence-electron chi connectivity index (χ0n) is 42.2. The largest absolute Gasteiger partial charge is 0.496 e. The summed E-state index contributed by atoms with van der Waals surface area (Å²) in [6.07, 6.45) is 4.87. The molecule has 0 bridgehead atoms. The molecule has 1 aliphatic heterocycles. The summed E-state index contributed by atoms with van der Waals surface area (Å²) < 4.78 is 25.4. The van der Waals surface area contributed by atoms with Gasteiger partial charge < -0.3 is 35.4 Å². The van der Waals surface area contributed by atoms with Gasteiger partial charge >= 0.3 is 11.9 Å². The first-order chi connectivity index (χ1) is 30.2. The van der Waals surface area contributed by atoms with E-state index in [1.807, 2.05) is 48.5 Å². The number of nitrogen functional groups attached to an aromatic ring is 1. The molecule has 4 unspecified atom stereocenters. The molecule has 65 heavy (non-hydrogen) atoms. The van der Waals surface area contributed by atoms with Crippen LogP contribution in [0.5, 0.6) is 11.5 Å². The van der Waals surface area contributed by atoms with Gasteiger partial charge in [0, 0.05) is 45.9 Å².